The number of aromatic nitrogens is 2. The van der Waals surface area contributed by atoms with Gasteiger partial charge in [-0.2, -0.15) is 4.98 Å². The van der Waals surface area contributed by atoms with Crippen LogP contribution in [-0.4, -0.2) is 30.7 Å². The third-order valence-corrected chi connectivity index (χ3v) is 6.42. The van der Waals surface area contributed by atoms with Gasteiger partial charge in [-0.1, -0.05) is 36.4 Å². The maximum Gasteiger partial charge on any atom is 0.225 e. The van der Waals surface area contributed by atoms with Gasteiger partial charge in [0.25, 0.3) is 0 Å². The van der Waals surface area contributed by atoms with Crippen molar-refractivity contribution in [3.05, 3.63) is 64.3 Å². The predicted molar refractivity (Wildman–Crippen MR) is 129 cm³/mol. The zero-order valence-corrected chi connectivity index (χ0v) is 19.5. The number of rotatable bonds is 7. The van der Waals surface area contributed by atoms with Crippen molar-refractivity contribution in [3.63, 3.8) is 0 Å². The molecule has 0 saturated heterocycles. The van der Waals surface area contributed by atoms with E-state index in [1.165, 1.54) is 5.56 Å². The van der Waals surface area contributed by atoms with Gasteiger partial charge in [0.2, 0.25) is 5.28 Å². The molecule has 31 heavy (non-hydrogen) atoms. The number of aryl methyl sites for hydroxylation is 1. The molecule has 0 unspecified atom stereocenters. The van der Waals surface area contributed by atoms with Crippen molar-refractivity contribution in [1.82, 2.24) is 9.97 Å². The lowest BCUT2D eigenvalue weighted by Crippen LogP contribution is -2.23. The number of fused-ring (bicyclic) bond motifs is 1. The molecule has 2 heterocycles. The predicted octanol–water partition coefficient (Wildman–Crippen LogP) is 6.36. The van der Waals surface area contributed by atoms with E-state index in [9.17, 15) is 0 Å². The first-order valence-electron chi connectivity index (χ1n) is 10.0. The van der Waals surface area contributed by atoms with Crippen molar-refractivity contribution in [2.45, 2.75) is 20.4 Å². The van der Waals surface area contributed by atoms with Crippen LogP contribution in [0.3, 0.4) is 0 Å². The van der Waals surface area contributed by atoms with Crippen molar-refractivity contribution in [3.8, 4) is 22.6 Å². The van der Waals surface area contributed by atoms with Gasteiger partial charge in [0, 0.05) is 23.5 Å². The number of ether oxygens (including phenoxy) is 2. The zero-order valence-electron chi connectivity index (χ0n) is 18.0. The minimum atomic E-state index is 0.258. The Kier molecular flexibility index (Phi) is 6.30. The standard InChI is InChI=1S/C24H24ClN3O2S/c1-5-28(14-16-9-7-6-8-10-16)22-21-20(15(2)31-23(21)27-24(25)26-22)17-11-12-18(29-3)19(13-17)30-4/h6-13H,5,14H2,1-4H3. The van der Waals surface area contributed by atoms with Crippen molar-refractivity contribution in [2.24, 2.45) is 0 Å². The van der Waals surface area contributed by atoms with E-state index < -0.39 is 0 Å². The molecule has 0 bridgehead atoms. The number of anilines is 1. The average molecular weight is 454 g/mol. The number of benzene rings is 2. The number of thiophene rings is 1. The fraction of sp³-hybridized carbons (Fsp3) is 0.250. The molecule has 2 aromatic carbocycles. The normalized spacial score (nSPS) is 11.0. The molecule has 0 aliphatic rings. The van der Waals surface area contributed by atoms with E-state index in [0.29, 0.717) is 11.5 Å². The van der Waals surface area contributed by atoms with E-state index in [1.807, 2.05) is 24.3 Å². The van der Waals surface area contributed by atoms with Gasteiger partial charge in [-0.05, 0) is 48.7 Å². The molecule has 4 rings (SSSR count). The summed E-state index contributed by atoms with van der Waals surface area (Å²) in [5, 5.41) is 1.27. The minimum Gasteiger partial charge on any atom is -0.493 e. The Morgan fingerprint density at radius 1 is 1.00 bits per heavy atom. The summed E-state index contributed by atoms with van der Waals surface area (Å²) in [6.45, 7) is 5.75. The summed E-state index contributed by atoms with van der Waals surface area (Å²) in [7, 11) is 3.28. The van der Waals surface area contributed by atoms with Gasteiger partial charge in [0.1, 0.15) is 10.6 Å². The molecule has 0 aliphatic heterocycles. The second kappa shape index (κ2) is 9.12. The summed E-state index contributed by atoms with van der Waals surface area (Å²) in [6, 6.07) is 16.3. The highest BCUT2D eigenvalue weighted by Gasteiger charge is 2.22. The van der Waals surface area contributed by atoms with Crippen molar-refractivity contribution >= 4 is 39.0 Å². The molecule has 0 saturated carbocycles. The number of halogens is 1. The van der Waals surface area contributed by atoms with Crippen LogP contribution in [0.25, 0.3) is 21.3 Å². The van der Waals surface area contributed by atoms with Gasteiger partial charge < -0.3 is 14.4 Å². The van der Waals surface area contributed by atoms with Crippen molar-refractivity contribution in [2.75, 3.05) is 25.7 Å². The molecule has 5 nitrogen and oxygen atoms in total. The Morgan fingerprint density at radius 3 is 2.42 bits per heavy atom. The topological polar surface area (TPSA) is 47.5 Å². The Hall–Kier alpha value is -2.83. The van der Waals surface area contributed by atoms with Gasteiger partial charge in [-0.3, -0.25) is 0 Å². The van der Waals surface area contributed by atoms with Crippen LogP contribution in [0.5, 0.6) is 11.5 Å². The van der Waals surface area contributed by atoms with Crippen molar-refractivity contribution in [1.29, 1.82) is 0 Å². The molecule has 0 atom stereocenters. The Labute approximate surface area is 191 Å². The van der Waals surface area contributed by atoms with Crippen LogP contribution >= 0.6 is 22.9 Å². The first-order chi connectivity index (χ1) is 15.0. The molecule has 0 radical (unpaired) electrons. The molecule has 2 aromatic heterocycles. The molecule has 0 aliphatic carbocycles. The highest BCUT2D eigenvalue weighted by Crippen LogP contribution is 2.44. The first-order valence-corrected chi connectivity index (χ1v) is 11.2. The van der Waals surface area contributed by atoms with Crippen LogP contribution in [0.1, 0.15) is 17.4 Å². The van der Waals surface area contributed by atoms with E-state index in [1.54, 1.807) is 25.6 Å². The van der Waals surface area contributed by atoms with Gasteiger partial charge in [-0.25, -0.2) is 4.98 Å². The lowest BCUT2D eigenvalue weighted by Gasteiger charge is -2.23. The van der Waals surface area contributed by atoms with Crippen LogP contribution in [0, 0.1) is 6.92 Å². The van der Waals surface area contributed by atoms with E-state index >= 15 is 0 Å². The largest absolute Gasteiger partial charge is 0.493 e. The Balaban J connectivity index is 1.91. The molecular weight excluding hydrogens is 430 g/mol. The lowest BCUT2D eigenvalue weighted by molar-refractivity contribution is 0.355. The zero-order chi connectivity index (χ0) is 22.0. The summed E-state index contributed by atoms with van der Waals surface area (Å²) in [5.41, 5.74) is 3.34. The van der Waals surface area contributed by atoms with E-state index in [2.05, 4.69) is 53.0 Å². The van der Waals surface area contributed by atoms with Crippen LogP contribution in [0.4, 0.5) is 5.82 Å². The third-order valence-electron chi connectivity index (χ3n) is 5.25. The summed E-state index contributed by atoms with van der Waals surface area (Å²) in [5.74, 6) is 2.23. The highest BCUT2D eigenvalue weighted by molar-refractivity contribution is 7.19. The monoisotopic (exact) mass is 453 g/mol. The fourth-order valence-corrected chi connectivity index (χ4v) is 5.03. The molecule has 0 spiro atoms. The number of hydrogen-bond acceptors (Lipinski definition) is 6. The average Bonchev–Trinajstić information content (AvgIpc) is 3.12. The second-order valence-electron chi connectivity index (χ2n) is 7.10. The molecule has 160 valence electrons. The van der Waals surface area contributed by atoms with Gasteiger partial charge in [0.05, 0.1) is 19.6 Å². The molecule has 0 fully saturated rings. The summed E-state index contributed by atoms with van der Waals surface area (Å²) < 4.78 is 11.0. The highest BCUT2D eigenvalue weighted by atomic mass is 35.5. The summed E-state index contributed by atoms with van der Waals surface area (Å²) in [6.07, 6.45) is 0. The van der Waals surface area contributed by atoms with E-state index in [-0.39, 0.29) is 5.28 Å². The van der Waals surface area contributed by atoms with Crippen LogP contribution in [0.2, 0.25) is 5.28 Å². The first kappa shape index (κ1) is 21.4. The second-order valence-corrected chi connectivity index (χ2v) is 8.64. The Bertz CT molecular complexity index is 1210. The SMILES string of the molecule is CCN(Cc1ccccc1)c1nc(Cl)nc2sc(C)c(-c3ccc(OC)c(OC)c3)c12. The van der Waals surface area contributed by atoms with Crippen LogP contribution in [-0.2, 0) is 6.54 Å². The van der Waals surface area contributed by atoms with Gasteiger partial charge >= 0.3 is 0 Å². The third kappa shape index (κ3) is 4.18. The molecule has 0 N–H and O–H groups in total. The van der Waals surface area contributed by atoms with Gasteiger partial charge in [-0.15, -0.1) is 11.3 Å². The molecular formula is C24H24ClN3O2S. The maximum absolute atomic E-state index is 6.34. The number of methoxy groups -OCH3 is 2. The van der Waals surface area contributed by atoms with E-state index in [0.717, 1.165) is 45.1 Å². The quantitative estimate of drug-likeness (QED) is 0.304. The fourth-order valence-electron chi connectivity index (χ4n) is 3.78. The molecule has 4 aromatic rings. The van der Waals surface area contributed by atoms with Crippen LogP contribution in [0.15, 0.2) is 48.5 Å². The molecule has 7 heteroatoms. The molecule has 0 amide bonds. The van der Waals surface area contributed by atoms with E-state index in [4.69, 9.17) is 21.1 Å². The number of hydrogen-bond donors (Lipinski definition) is 0. The van der Waals surface area contributed by atoms with Crippen LogP contribution < -0.4 is 14.4 Å². The Morgan fingerprint density at radius 2 is 1.74 bits per heavy atom. The maximum atomic E-state index is 6.34. The number of nitrogens with zero attached hydrogens (tertiary/aromatic N) is 3. The summed E-state index contributed by atoms with van der Waals surface area (Å²) in [4.78, 5) is 13.5. The van der Waals surface area contributed by atoms with Gasteiger partial charge in [0.15, 0.2) is 11.5 Å². The summed E-state index contributed by atoms with van der Waals surface area (Å²) >= 11 is 7.97. The van der Waals surface area contributed by atoms with Crippen molar-refractivity contribution < 1.29 is 9.47 Å². The minimum absolute atomic E-state index is 0.258. The lowest BCUT2D eigenvalue weighted by atomic mass is 10.0. The smallest absolute Gasteiger partial charge is 0.225 e.